The van der Waals surface area contributed by atoms with Gasteiger partial charge in [-0.2, -0.15) is 0 Å². The van der Waals surface area contributed by atoms with Gasteiger partial charge >= 0.3 is 5.97 Å². The fraction of sp³-hybridized carbons (Fsp3) is 0.269. The SMILES string of the molecule is Cc1c(-n2cc(C(=O)O)c(=O)c3cc(F)c(N4CCNC(C)C4)c(F)c32)c(=O)n(-c2ccccc2)n1C. The van der Waals surface area contributed by atoms with E-state index in [2.05, 4.69) is 5.32 Å². The van der Waals surface area contributed by atoms with Gasteiger partial charge in [0.25, 0.3) is 5.56 Å². The normalized spacial score (nSPS) is 15.9. The van der Waals surface area contributed by atoms with Gasteiger partial charge in [0.2, 0.25) is 5.43 Å². The Bertz CT molecular complexity index is 1670. The second-order valence-electron chi connectivity index (χ2n) is 9.18. The molecule has 1 aliphatic heterocycles. The summed E-state index contributed by atoms with van der Waals surface area (Å²) in [4.78, 5) is 40.2. The average Bonchev–Trinajstić information content (AvgIpc) is 3.08. The van der Waals surface area contributed by atoms with Gasteiger partial charge in [-0.3, -0.25) is 14.3 Å². The summed E-state index contributed by atoms with van der Waals surface area (Å²) in [6.45, 7) is 4.66. The molecule has 37 heavy (non-hydrogen) atoms. The van der Waals surface area contributed by atoms with Gasteiger partial charge in [0.05, 0.1) is 22.3 Å². The Morgan fingerprint density at radius 2 is 1.84 bits per heavy atom. The number of carbonyl (C=O) groups is 1. The van der Waals surface area contributed by atoms with Crippen molar-refractivity contribution in [2.24, 2.45) is 7.05 Å². The summed E-state index contributed by atoms with van der Waals surface area (Å²) >= 11 is 0. The summed E-state index contributed by atoms with van der Waals surface area (Å²) in [6, 6.07) is 9.57. The monoisotopic (exact) mass is 509 g/mol. The largest absolute Gasteiger partial charge is 0.477 e. The molecule has 0 bridgehead atoms. The molecule has 0 spiro atoms. The number of nitrogens with zero attached hydrogens (tertiary/aromatic N) is 4. The van der Waals surface area contributed by atoms with Crippen LogP contribution in [-0.2, 0) is 7.05 Å². The van der Waals surface area contributed by atoms with E-state index in [9.17, 15) is 19.5 Å². The number of hydrogen-bond acceptors (Lipinski definition) is 5. The molecule has 1 atom stereocenters. The van der Waals surface area contributed by atoms with Crippen LogP contribution in [0.3, 0.4) is 0 Å². The lowest BCUT2D eigenvalue weighted by atomic mass is 10.1. The minimum absolute atomic E-state index is 0.0331. The minimum Gasteiger partial charge on any atom is -0.477 e. The van der Waals surface area contributed by atoms with Crippen molar-refractivity contribution in [3.8, 4) is 11.4 Å². The van der Waals surface area contributed by atoms with Crippen LogP contribution in [0.4, 0.5) is 14.5 Å². The predicted molar refractivity (Wildman–Crippen MR) is 135 cm³/mol. The molecule has 9 nitrogen and oxygen atoms in total. The second kappa shape index (κ2) is 9.00. The first kappa shape index (κ1) is 24.4. The van der Waals surface area contributed by atoms with E-state index in [1.165, 1.54) is 4.68 Å². The van der Waals surface area contributed by atoms with Gasteiger partial charge in [-0.1, -0.05) is 18.2 Å². The van der Waals surface area contributed by atoms with Crippen LogP contribution in [0.2, 0.25) is 0 Å². The molecular formula is C26H25F2N5O4. The molecule has 1 aliphatic rings. The number of aromatic carboxylic acids is 1. The number of hydrogen-bond donors (Lipinski definition) is 2. The van der Waals surface area contributed by atoms with Gasteiger partial charge in [0, 0.05) is 38.9 Å². The van der Waals surface area contributed by atoms with E-state index < -0.39 is 39.5 Å². The fourth-order valence-electron chi connectivity index (χ4n) is 4.99. The van der Waals surface area contributed by atoms with Crippen LogP contribution >= 0.6 is 0 Å². The molecule has 0 radical (unpaired) electrons. The van der Waals surface area contributed by atoms with Crippen molar-refractivity contribution in [3.63, 3.8) is 0 Å². The maximum atomic E-state index is 16.3. The van der Waals surface area contributed by atoms with Crippen molar-refractivity contribution in [1.29, 1.82) is 0 Å². The zero-order chi connectivity index (χ0) is 26.6. The lowest BCUT2D eigenvalue weighted by Crippen LogP contribution is -2.49. The van der Waals surface area contributed by atoms with Crippen molar-refractivity contribution >= 4 is 22.6 Å². The summed E-state index contributed by atoms with van der Waals surface area (Å²) in [6.07, 6.45) is 0.942. The third kappa shape index (κ3) is 3.82. The molecule has 2 aromatic heterocycles. The van der Waals surface area contributed by atoms with Crippen molar-refractivity contribution in [3.05, 3.63) is 86.1 Å². The number of para-hydroxylation sites is 1. The van der Waals surface area contributed by atoms with Gasteiger partial charge in [0.1, 0.15) is 22.8 Å². The highest BCUT2D eigenvalue weighted by atomic mass is 19.1. The molecule has 2 aromatic carbocycles. The molecule has 5 rings (SSSR count). The first-order valence-electron chi connectivity index (χ1n) is 11.7. The molecule has 2 N–H and O–H groups in total. The van der Waals surface area contributed by atoms with Crippen LogP contribution in [0.1, 0.15) is 23.0 Å². The Hall–Kier alpha value is -4.25. The fourth-order valence-corrected chi connectivity index (χ4v) is 4.99. The summed E-state index contributed by atoms with van der Waals surface area (Å²) in [5.41, 5.74) is -2.11. The standard InChI is InChI=1S/C26H25F2N5O4/c1-14-12-31(10-9-29-14)23-19(27)11-17-22(20(23)28)32(13-18(24(17)34)26(36)37)21-15(2)30(3)33(25(21)35)16-7-5-4-6-8-16/h4-8,11,13-14,29H,9-10,12H2,1-3H3,(H,36,37). The average molecular weight is 510 g/mol. The maximum Gasteiger partial charge on any atom is 0.341 e. The molecule has 192 valence electrons. The number of anilines is 1. The molecule has 4 aromatic rings. The number of rotatable bonds is 4. The molecular weight excluding hydrogens is 484 g/mol. The molecule has 0 amide bonds. The summed E-state index contributed by atoms with van der Waals surface area (Å²) in [7, 11) is 1.64. The number of nitrogens with one attached hydrogen (secondary N) is 1. The van der Waals surface area contributed by atoms with Crippen molar-refractivity contribution in [2.75, 3.05) is 24.5 Å². The van der Waals surface area contributed by atoms with Crippen LogP contribution in [0.25, 0.3) is 22.3 Å². The predicted octanol–water partition coefficient (Wildman–Crippen LogP) is 2.56. The number of piperazine rings is 1. The molecule has 3 heterocycles. The van der Waals surface area contributed by atoms with Gasteiger partial charge in [0.15, 0.2) is 5.82 Å². The Kier molecular flexibility index (Phi) is 5.95. The molecule has 1 fully saturated rings. The molecule has 11 heteroatoms. The number of aromatic nitrogens is 3. The van der Waals surface area contributed by atoms with Gasteiger partial charge in [-0.15, -0.1) is 0 Å². The van der Waals surface area contributed by atoms with Gasteiger partial charge in [-0.25, -0.2) is 18.3 Å². The lowest BCUT2D eigenvalue weighted by molar-refractivity contribution is 0.0695. The van der Waals surface area contributed by atoms with Gasteiger partial charge < -0.3 is 19.9 Å². The van der Waals surface area contributed by atoms with E-state index in [0.717, 1.165) is 16.8 Å². The van der Waals surface area contributed by atoms with E-state index in [-0.39, 0.29) is 22.9 Å². The Labute approximate surface area is 209 Å². The number of pyridine rings is 1. The molecule has 1 saturated heterocycles. The lowest BCUT2D eigenvalue weighted by Gasteiger charge is -2.34. The molecule has 0 saturated carbocycles. The topological polar surface area (TPSA) is 102 Å². The number of carboxylic acids is 1. The Morgan fingerprint density at radius 1 is 1.14 bits per heavy atom. The van der Waals surface area contributed by atoms with E-state index in [4.69, 9.17) is 0 Å². The van der Waals surface area contributed by atoms with Crippen molar-refractivity contribution in [1.82, 2.24) is 19.2 Å². The van der Waals surface area contributed by atoms with Crippen LogP contribution in [0, 0.1) is 18.6 Å². The quantitative estimate of drug-likeness (QED) is 0.439. The highest BCUT2D eigenvalue weighted by molar-refractivity contribution is 5.94. The van der Waals surface area contributed by atoms with Crippen LogP contribution in [-0.4, -0.2) is 50.7 Å². The number of fused-ring (bicyclic) bond motifs is 1. The van der Waals surface area contributed by atoms with E-state index in [1.54, 1.807) is 53.9 Å². The minimum atomic E-state index is -1.57. The zero-order valence-corrected chi connectivity index (χ0v) is 20.5. The van der Waals surface area contributed by atoms with Crippen LogP contribution in [0.5, 0.6) is 0 Å². The highest BCUT2D eigenvalue weighted by Gasteiger charge is 2.29. The maximum absolute atomic E-state index is 16.3. The number of carboxylic acid groups (broad SMARTS) is 1. The number of benzene rings is 2. The summed E-state index contributed by atoms with van der Waals surface area (Å²) < 4.78 is 35.6. The zero-order valence-electron chi connectivity index (χ0n) is 20.5. The van der Waals surface area contributed by atoms with Crippen molar-refractivity contribution in [2.45, 2.75) is 19.9 Å². The first-order chi connectivity index (χ1) is 17.6. The first-order valence-corrected chi connectivity index (χ1v) is 11.7. The summed E-state index contributed by atoms with van der Waals surface area (Å²) in [5, 5.41) is 12.4. The van der Waals surface area contributed by atoms with Gasteiger partial charge in [-0.05, 0) is 32.0 Å². The molecule has 1 unspecified atom stereocenters. The van der Waals surface area contributed by atoms with E-state index in [0.29, 0.717) is 31.0 Å². The van der Waals surface area contributed by atoms with Crippen LogP contribution < -0.4 is 21.2 Å². The summed E-state index contributed by atoms with van der Waals surface area (Å²) in [5.74, 6) is -3.58. The smallest absolute Gasteiger partial charge is 0.341 e. The third-order valence-corrected chi connectivity index (χ3v) is 6.84. The van der Waals surface area contributed by atoms with E-state index in [1.807, 2.05) is 6.92 Å². The van der Waals surface area contributed by atoms with E-state index >= 15 is 8.78 Å². The Morgan fingerprint density at radius 3 is 2.49 bits per heavy atom. The Balaban J connectivity index is 1.89. The number of halogens is 2. The third-order valence-electron chi connectivity index (χ3n) is 6.84. The highest BCUT2D eigenvalue weighted by Crippen LogP contribution is 2.32. The van der Waals surface area contributed by atoms with Crippen molar-refractivity contribution < 1.29 is 18.7 Å². The molecule has 0 aliphatic carbocycles. The second-order valence-corrected chi connectivity index (χ2v) is 9.18. The van der Waals surface area contributed by atoms with Crippen LogP contribution in [0.15, 0.2) is 52.2 Å².